The maximum absolute atomic E-state index is 12.6. The molecule has 1 unspecified atom stereocenters. The van der Waals surface area contributed by atoms with Crippen LogP contribution in [0.4, 0.5) is 0 Å². The summed E-state index contributed by atoms with van der Waals surface area (Å²) in [6, 6.07) is 18.6. The zero-order chi connectivity index (χ0) is 24.3. The zero-order valence-corrected chi connectivity index (χ0v) is 20.1. The van der Waals surface area contributed by atoms with E-state index in [-0.39, 0.29) is 17.8 Å². The fourth-order valence-electron chi connectivity index (χ4n) is 3.58. The Hall–Kier alpha value is -3.51. The van der Waals surface area contributed by atoms with Crippen molar-refractivity contribution in [2.75, 3.05) is 6.61 Å². The third kappa shape index (κ3) is 5.51. The summed E-state index contributed by atoms with van der Waals surface area (Å²) < 4.78 is 11.6. The number of phenols is 1. The second kappa shape index (κ2) is 9.77. The largest absolute Gasteiger partial charge is 0.507 e. The Morgan fingerprint density at radius 2 is 1.94 bits per heavy atom. The number of hydrazone groups is 1. The van der Waals surface area contributed by atoms with Gasteiger partial charge in [-0.25, -0.2) is 5.43 Å². The monoisotopic (exact) mass is 478 g/mol. The number of ether oxygens (including phenoxy) is 2. The van der Waals surface area contributed by atoms with Crippen LogP contribution in [0.15, 0.2) is 65.8 Å². The molecule has 0 saturated heterocycles. The second-order valence-corrected chi connectivity index (χ2v) is 9.63. The van der Waals surface area contributed by atoms with Gasteiger partial charge in [0.15, 0.2) is 11.5 Å². The smallest absolute Gasteiger partial charge is 0.284 e. The Morgan fingerprint density at radius 3 is 2.71 bits per heavy atom. The van der Waals surface area contributed by atoms with E-state index in [9.17, 15) is 9.90 Å². The number of amides is 1. The first-order chi connectivity index (χ1) is 16.2. The van der Waals surface area contributed by atoms with Crippen LogP contribution in [-0.2, 0) is 16.6 Å². The quantitative estimate of drug-likeness (QED) is 0.389. The molecule has 0 aliphatic carbocycles. The van der Waals surface area contributed by atoms with Crippen LogP contribution in [0.25, 0.3) is 0 Å². The van der Waals surface area contributed by atoms with Crippen LogP contribution in [0.2, 0.25) is 5.02 Å². The van der Waals surface area contributed by atoms with E-state index in [1.165, 1.54) is 6.21 Å². The number of hydrogen-bond donors (Lipinski definition) is 2. The number of phenolic OH excluding ortho intramolecular Hbond substituents is 1. The van der Waals surface area contributed by atoms with Gasteiger partial charge < -0.3 is 14.6 Å². The molecular weight excluding hydrogens is 452 g/mol. The molecule has 0 aromatic heterocycles. The van der Waals surface area contributed by atoms with Crippen molar-refractivity contribution in [3.8, 4) is 17.2 Å². The molecule has 1 atom stereocenters. The number of nitrogens with one attached hydrogen (secondary N) is 1. The number of fused-ring (bicyclic) bond motifs is 1. The van der Waals surface area contributed by atoms with Gasteiger partial charge in [-0.2, -0.15) is 5.10 Å². The summed E-state index contributed by atoms with van der Waals surface area (Å²) in [5.41, 5.74) is 5.92. The number of halogens is 1. The van der Waals surface area contributed by atoms with Crippen LogP contribution < -0.4 is 14.9 Å². The van der Waals surface area contributed by atoms with Gasteiger partial charge in [0.1, 0.15) is 12.4 Å². The van der Waals surface area contributed by atoms with E-state index in [1.807, 2.05) is 48.5 Å². The summed E-state index contributed by atoms with van der Waals surface area (Å²) in [7, 11) is 0. The Kier molecular flexibility index (Phi) is 6.80. The lowest BCUT2D eigenvalue weighted by atomic mass is 9.87. The van der Waals surface area contributed by atoms with E-state index in [4.69, 9.17) is 21.1 Å². The summed E-state index contributed by atoms with van der Waals surface area (Å²) in [5, 5.41) is 14.9. The highest BCUT2D eigenvalue weighted by Gasteiger charge is 2.28. The number of hydrogen-bond acceptors (Lipinski definition) is 5. The molecule has 1 heterocycles. The van der Waals surface area contributed by atoms with Crippen molar-refractivity contribution in [3.05, 3.63) is 87.9 Å². The fourth-order valence-corrected chi connectivity index (χ4v) is 3.79. The van der Waals surface area contributed by atoms with Gasteiger partial charge >= 0.3 is 0 Å². The number of rotatable bonds is 5. The first kappa shape index (κ1) is 23.6. The first-order valence-electron chi connectivity index (χ1n) is 11.0. The molecule has 0 radical (unpaired) electrons. The first-order valence-corrected chi connectivity index (χ1v) is 11.4. The molecule has 0 fully saturated rings. The summed E-state index contributed by atoms with van der Waals surface area (Å²) in [4.78, 5) is 12.6. The molecule has 3 aromatic carbocycles. The number of carbonyl (C=O) groups excluding carboxylic acids is 1. The van der Waals surface area contributed by atoms with Crippen LogP contribution in [0.5, 0.6) is 17.2 Å². The highest BCUT2D eigenvalue weighted by molar-refractivity contribution is 6.31. The van der Waals surface area contributed by atoms with Crippen molar-refractivity contribution < 1.29 is 19.4 Å². The van der Waals surface area contributed by atoms with Gasteiger partial charge in [-0.3, -0.25) is 4.79 Å². The third-order valence-corrected chi connectivity index (χ3v) is 5.95. The minimum atomic E-state index is -0.833. The van der Waals surface area contributed by atoms with E-state index in [0.717, 1.165) is 16.7 Å². The average Bonchev–Trinajstić information content (AvgIpc) is 2.81. The SMILES string of the molecule is CC(C)(C)c1ccc2c(c1)OC(C(=O)NN=Cc1cc(Cc3ccccc3Cl)ccc1O)CO2. The van der Waals surface area contributed by atoms with Gasteiger partial charge in [-0.05, 0) is 58.9 Å². The second-order valence-electron chi connectivity index (χ2n) is 9.22. The molecule has 7 heteroatoms. The van der Waals surface area contributed by atoms with Gasteiger partial charge in [-0.1, -0.05) is 62.7 Å². The molecule has 2 N–H and O–H groups in total. The van der Waals surface area contributed by atoms with Crippen molar-refractivity contribution in [2.24, 2.45) is 5.10 Å². The Morgan fingerprint density at radius 1 is 1.15 bits per heavy atom. The molecule has 3 aromatic rings. The molecule has 1 amide bonds. The number of benzene rings is 3. The van der Waals surface area contributed by atoms with Gasteiger partial charge in [0, 0.05) is 10.6 Å². The zero-order valence-electron chi connectivity index (χ0n) is 19.3. The maximum Gasteiger partial charge on any atom is 0.284 e. The summed E-state index contributed by atoms with van der Waals surface area (Å²) in [5.74, 6) is 0.769. The highest BCUT2D eigenvalue weighted by Crippen LogP contribution is 2.36. The Bertz CT molecular complexity index is 1230. The number of nitrogens with zero attached hydrogens (tertiary/aromatic N) is 1. The Balaban J connectivity index is 1.41. The highest BCUT2D eigenvalue weighted by atomic mass is 35.5. The molecule has 0 spiro atoms. The van der Waals surface area contributed by atoms with E-state index in [2.05, 4.69) is 31.3 Å². The van der Waals surface area contributed by atoms with E-state index < -0.39 is 12.0 Å². The molecule has 34 heavy (non-hydrogen) atoms. The number of carbonyl (C=O) groups is 1. The summed E-state index contributed by atoms with van der Waals surface area (Å²) >= 11 is 6.25. The van der Waals surface area contributed by atoms with Crippen LogP contribution in [-0.4, -0.2) is 29.9 Å². The lowest BCUT2D eigenvalue weighted by Gasteiger charge is -2.27. The maximum atomic E-state index is 12.6. The van der Waals surface area contributed by atoms with Crippen molar-refractivity contribution in [2.45, 2.75) is 38.7 Å². The molecule has 6 nitrogen and oxygen atoms in total. The van der Waals surface area contributed by atoms with Crippen LogP contribution in [0, 0.1) is 0 Å². The van der Waals surface area contributed by atoms with Crippen molar-refractivity contribution >= 4 is 23.7 Å². The van der Waals surface area contributed by atoms with Gasteiger partial charge in [0.05, 0.1) is 6.21 Å². The van der Waals surface area contributed by atoms with Crippen LogP contribution in [0.3, 0.4) is 0 Å². The van der Waals surface area contributed by atoms with E-state index in [1.54, 1.807) is 12.1 Å². The van der Waals surface area contributed by atoms with Crippen molar-refractivity contribution in [1.29, 1.82) is 0 Å². The molecule has 0 bridgehead atoms. The predicted molar refractivity (Wildman–Crippen MR) is 133 cm³/mol. The normalized spacial score (nSPS) is 15.4. The van der Waals surface area contributed by atoms with Crippen molar-refractivity contribution in [1.82, 2.24) is 5.43 Å². The lowest BCUT2D eigenvalue weighted by molar-refractivity contribution is -0.130. The van der Waals surface area contributed by atoms with Gasteiger partial charge in [-0.15, -0.1) is 0 Å². The van der Waals surface area contributed by atoms with Crippen molar-refractivity contribution in [3.63, 3.8) is 0 Å². The van der Waals surface area contributed by atoms with Gasteiger partial charge in [0.2, 0.25) is 6.10 Å². The Labute approximate surface area is 204 Å². The molecular formula is C27H27ClN2O4. The summed E-state index contributed by atoms with van der Waals surface area (Å²) in [6.45, 7) is 6.41. The fraction of sp³-hybridized carbons (Fsp3) is 0.259. The van der Waals surface area contributed by atoms with Crippen LogP contribution in [0.1, 0.15) is 43.0 Å². The number of aromatic hydroxyl groups is 1. The lowest BCUT2D eigenvalue weighted by Crippen LogP contribution is -2.42. The molecule has 176 valence electrons. The topological polar surface area (TPSA) is 80.2 Å². The third-order valence-electron chi connectivity index (χ3n) is 5.58. The average molecular weight is 479 g/mol. The summed E-state index contributed by atoms with van der Waals surface area (Å²) in [6.07, 6.45) is 1.18. The van der Waals surface area contributed by atoms with Crippen LogP contribution >= 0.6 is 11.6 Å². The van der Waals surface area contributed by atoms with E-state index >= 15 is 0 Å². The standard InChI is InChI=1S/C27H27ClN2O4/c1-27(2,3)20-9-11-23-24(14-20)34-25(16-33-23)26(32)30-29-15-19-13-17(8-10-22(19)31)12-18-6-4-5-7-21(18)28/h4-11,13-15,25,31H,12,16H2,1-3H3,(H,30,32). The predicted octanol–water partition coefficient (Wildman–Crippen LogP) is 5.22. The molecule has 1 aliphatic rings. The van der Waals surface area contributed by atoms with Gasteiger partial charge in [0.25, 0.3) is 5.91 Å². The minimum absolute atomic E-state index is 0.0553. The minimum Gasteiger partial charge on any atom is -0.507 e. The molecule has 4 rings (SSSR count). The molecule has 1 aliphatic heterocycles. The molecule has 0 saturated carbocycles. The van der Waals surface area contributed by atoms with E-state index in [0.29, 0.717) is 28.5 Å².